The maximum Gasteiger partial charge on any atom is 0.193 e. The van der Waals surface area contributed by atoms with Gasteiger partial charge in [-0.3, -0.25) is 9.79 Å². The molecule has 1 aliphatic heterocycles. The van der Waals surface area contributed by atoms with Crippen molar-refractivity contribution in [2.45, 2.75) is 19.9 Å². The van der Waals surface area contributed by atoms with Crippen LogP contribution in [0.4, 0.5) is 0 Å². The molecule has 3 rings (SSSR count). The van der Waals surface area contributed by atoms with Gasteiger partial charge in [0, 0.05) is 24.0 Å². The molecule has 0 radical (unpaired) electrons. The predicted molar refractivity (Wildman–Crippen MR) is 99.4 cm³/mol. The molecule has 0 aliphatic carbocycles. The van der Waals surface area contributed by atoms with Gasteiger partial charge >= 0.3 is 0 Å². The van der Waals surface area contributed by atoms with Gasteiger partial charge in [0.1, 0.15) is 5.84 Å². The van der Waals surface area contributed by atoms with Crippen molar-refractivity contribution >= 4 is 5.84 Å². The predicted octanol–water partition coefficient (Wildman–Crippen LogP) is 3.28. The minimum atomic E-state index is -0.0463. The Morgan fingerprint density at radius 2 is 2.00 bits per heavy atom. The maximum atomic E-state index is 12.6. The summed E-state index contributed by atoms with van der Waals surface area (Å²) in [5.74, 6) is 0.624. The largest absolute Gasteiger partial charge is 0.364 e. The monoisotopic (exact) mass is 319 g/mol. The lowest BCUT2D eigenvalue weighted by molar-refractivity contribution is 0.802. The Morgan fingerprint density at radius 3 is 2.75 bits per heavy atom. The third-order valence-electron chi connectivity index (χ3n) is 3.93. The van der Waals surface area contributed by atoms with Crippen LogP contribution in [0, 0.1) is 0 Å². The van der Waals surface area contributed by atoms with E-state index in [1.54, 1.807) is 12.3 Å². The van der Waals surface area contributed by atoms with E-state index in [0.29, 0.717) is 17.9 Å². The molecule has 2 aromatic rings. The highest BCUT2D eigenvalue weighted by atomic mass is 16.1. The highest BCUT2D eigenvalue weighted by molar-refractivity contribution is 5.99. The van der Waals surface area contributed by atoms with E-state index in [0.717, 1.165) is 11.3 Å². The quantitative estimate of drug-likeness (QED) is 0.892. The summed E-state index contributed by atoms with van der Waals surface area (Å²) in [6, 6.07) is 11.5. The molecule has 4 heteroatoms. The summed E-state index contributed by atoms with van der Waals surface area (Å²) in [5.41, 5.74) is 3.47. The van der Waals surface area contributed by atoms with Crippen molar-refractivity contribution in [3.8, 4) is 11.3 Å². The number of nitrogens with one attached hydrogen (secondary N) is 2. The zero-order chi connectivity index (χ0) is 16.9. The normalized spacial score (nSPS) is 21.3. The van der Waals surface area contributed by atoms with Crippen molar-refractivity contribution in [1.29, 1.82) is 0 Å². The topological polar surface area (TPSA) is 57.2 Å². The number of aliphatic imine (C=N–C) groups is 1. The van der Waals surface area contributed by atoms with Crippen LogP contribution in [-0.4, -0.2) is 23.4 Å². The Labute approximate surface area is 141 Å². The molecule has 1 unspecified atom stereocenters. The van der Waals surface area contributed by atoms with E-state index in [1.165, 1.54) is 5.57 Å². The second kappa shape index (κ2) is 7.13. The van der Waals surface area contributed by atoms with Crippen LogP contribution in [-0.2, 0) is 0 Å². The molecule has 1 aliphatic rings. The van der Waals surface area contributed by atoms with Gasteiger partial charge in [-0.2, -0.15) is 0 Å². The van der Waals surface area contributed by atoms with E-state index < -0.39 is 0 Å². The first kappa shape index (κ1) is 16.0. The second-order valence-electron chi connectivity index (χ2n) is 5.92. The fourth-order valence-corrected chi connectivity index (χ4v) is 2.56. The molecule has 1 aromatic heterocycles. The fourth-order valence-electron chi connectivity index (χ4n) is 2.56. The van der Waals surface area contributed by atoms with Crippen molar-refractivity contribution in [3.05, 3.63) is 82.2 Å². The van der Waals surface area contributed by atoms with Gasteiger partial charge in [0.05, 0.1) is 12.1 Å². The summed E-state index contributed by atoms with van der Waals surface area (Å²) in [5, 5.41) is 3.31. The van der Waals surface area contributed by atoms with Gasteiger partial charge in [-0.15, -0.1) is 0 Å². The van der Waals surface area contributed by atoms with Crippen molar-refractivity contribution < 1.29 is 0 Å². The molecule has 122 valence electrons. The highest BCUT2D eigenvalue weighted by Crippen LogP contribution is 2.14. The third kappa shape index (κ3) is 3.71. The van der Waals surface area contributed by atoms with E-state index in [9.17, 15) is 4.79 Å². The molecule has 2 heterocycles. The molecule has 0 bridgehead atoms. The van der Waals surface area contributed by atoms with Crippen molar-refractivity contribution in [3.63, 3.8) is 0 Å². The average Bonchev–Trinajstić information content (AvgIpc) is 2.67. The minimum absolute atomic E-state index is 0.0463. The smallest absolute Gasteiger partial charge is 0.193 e. The number of pyridine rings is 1. The van der Waals surface area contributed by atoms with Crippen molar-refractivity contribution in [1.82, 2.24) is 10.3 Å². The summed E-state index contributed by atoms with van der Waals surface area (Å²) in [7, 11) is 0. The number of aromatic amines is 1. The van der Waals surface area contributed by atoms with E-state index >= 15 is 0 Å². The number of aromatic nitrogens is 1. The van der Waals surface area contributed by atoms with Gasteiger partial charge in [-0.25, -0.2) is 0 Å². The molecule has 0 spiro atoms. The Balaban J connectivity index is 1.96. The first-order valence-corrected chi connectivity index (χ1v) is 8.08. The van der Waals surface area contributed by atoms with Crippen LogP contribution < -0.4 is 10.7 Å². The molecular formula is C20H21N3O. The van der Waals surface area contributed by atoms with Crippen LogP contribution in [0.1, 0.15) is 19.4 Å². The summed E-state index contributed by atoms with van der Waals surface area (Å²) < 4.78 is 0. The van der Waals surface area contributed by atoms with Crippen LogP contribution in [0.5, 0.6) is 0 Å². The molecule has 1 aromatic carbocycles. The molecule has 0 saturated carbocycles. The van der Waals surface area contributed by atoms with Crippen LogP contribution in [0.25, 0.3) is 11.3 Å². The molecular weight excluding hydrogens is 298 g/mol. The lowest BCUT2D eigenvalue weighted by Crippen LogP contribution is -2.35. The molecule has 0 amide bonds. The molecule has 0 fully saturated rings. The van der Waals surface area contributed by atoms with E-state index in [1.807, 2.05) is 50.3 Å². The maximum absolute atomic E-state index is 12.6. The van der Waals surface area contributed by atoms with Gasteiger partial charge in [0.2, 0.25) is 0 Å². The standard InChI is InChI=1S/C20H21N3O/c1-14-8-9-15(2)23-20(21-11-10-14)17-13-22-18(12-19(17)24)16-6-4-3-5-7-16/h3-10,12-13,15H,11H2,1-2H3,(H,21,23)(H,22,24)/b9-8-,14-10-. The van der Waals surface area contributed by atoms with Crippen LogP contribution >= 0.6 is 0 Å². The van der Waals surface area contributed by atoms with E-state index in [2.05, 4.69) is 27.4 Å². The number of allylic oxidation sites excluding steroid dienone is 2. The number of rotatable bonds is 2. The van der Waals surface area contributed by atoms with Gasteiger partial charge < -0.3 is 10.3 Å². The zero-order valence-electron chi connectivity index (χ0n) is 13.9. The Hall–Kier alpha value is -2.88. The summed E-state index contributed by atoms with van der Waals surface area (Å²) >= 11 is 0. The van der Waals surface area contributed by atoms with E-state index in [-0.39, 0.29) is 11.5 Å². The Bertz CT molecular complexity index is 860. The third-order valence-corrected chi connectivity index (χ3v) is 3.93. The van der Waals surface area contributed by atoms with Crippen molar-refractivity contribution in [2.75, 3.05) is 6.54 Å². The first-order chi connectivity index (χ1) is 11.6. The Kier molecular flexibility index (Phi) is 4.75. The summed E-state index contributed by atoms with van der Waals surface area (Å²) in [6.07, 6.45) is 7.92. The SMILES string of the molecule is CC1=C/CN=C(c2c[nH]c(-c3ccccc3)cc2=O)NC(C)/C=C\1. The van der Waals surface area contributed by atoms with Crippen LogP contribution in [0.15, 0.2) is 76.2 Å². The molecule has 1 atom stereocenters. The minimum Gasteiger partial charge on any atom is -0.364 e. The second-order valence-corrected chi connectivity index (χ2v) is 5.92. The lowest BCUT2D eigenvalue weighted by atomic mass is 10.1. The zero-order valence-corrected chi connectivity index (χ0v) is 13.9. The Morgan fingerprint density at radius 1 is 1.21 bits per heavy atom. The number of hydrogen-bond acceptors (Lipinski definition) is 3. The van der Waals surface area contributed by atoms with Gasteiger partial charge in [-0.1, -0.05) is 54.1 Å². The van der Waals surface area contributed by atoms with Gasteiger partial charge in [0.25, 0.3) is 0 Å². The highest BCUT2D eigenvalue weighted by Gasteiger charge is 2.12. The summed E-state index contributed by atoms with van der Waals surface area (Å²) in [4.78, 5) is 20.4. The fraction of sp³-hybridized carbons (Fsp3) is 0.200. The van der Waals surface area contributed by atoms with Gasteiger partial charge in [0.15, 0.2) is 5.43 Å². The van der Waals surface area contributed by atoms with E-state index in [4.69, 9.17) is 0 Å². The molecule has 24 heavy (non-hydrogen) atoms. The summed E-state index contributed by atoms with van der Waals surface area (Å²) in [6.45, 7) is 4.63. The van der Waals surface area contributed by atoms with Crippen LogP contribution in [0.2, 0.25) is 0 Å². The number of H-pyrrole nitrogens is 1. The number of hydrogen-bond donors (Lipinski definition) is 2. The first-order valence-electron chi connectivity index (χ1n) is 8.08. The number of nitrogens with zero attached hydrogens (tertiary/aromatic N) is 1. The molecule has 2 N–H and O–H groups in total. The number of amidine groups is 1. The lowest BCUT2D eigenvalue weighted by Gasteiger charge is -2.13. The molecule has 4 nitrogen and oxygen atoms in total. The average molecular weight is 319 g/mol. The van der Waals surface area contributed by atoms with Gasteiger partial charge in [-0.05, 0) is 19.4 Å². The van der Waals surface area contributed by atoms with Crippen molar-refractivity contribution in [2.24, 2.45) is 4.99 Å². The van der Waals surface area contributed by atoms with Crippen LogP contribution in [0.3, 0.4) is 0 Å². The number of benzene rings is 1. The molecule has 0 saturated heterocycles.